The van der Waals surface area contributed by atoms with Gasteiger partial charge in [-0.2, -0.15) is 0 Å². The van der Waals surface area contributed by atoms with E-state index in [0.29, 0.717) is 17.9 Å². The highest BCUT2D eigenvalue weighted by molar-refractivity contribution is 5.85. The highest BCUT2D eigenvalue weighted by Gasteiger charge is 2.15. The van der Waals surface area contributed by atoms with E-state index in [9.17, 15) is 4.79 Å². The molecule has 7 heteroatoms. The average molecular weight is 290 g/mol. The third-order valence-corrected chi connectivity index (χ3v) is 3.10. The minimum atomic E-state index is -0.203. The van der Waals surface area contributed by atoms with E-state index in [2.05, 4.69) is 15.6 Å². The Morgan fingerprint density at radius 3 is 2.52 bits per heavy atom. The highest BCUT2D eigenvalue weighted by atomic mass is 16.5. The van der Waals surface area contributed by atoms with Crippen LogP contribution in [-0.4, -0.2) is 35.0 Å². The van der Waals surface area contributed by atoms with E-state index < -0.39 is 0 Å². The van der Waals surface area contributed by atoms with E-state index in [1.807, 2.05) is 25.1 Å². The van der Waals surface area contributed by atoms with E-state index in [0.717, 1.165) is 5.56 Å². The number of carbonyl (C=O) groups excluding carboxylic acids is 1. The van der Waals surface area contributed by atoms with Crippen LogP contribution < -0.4 is 14.9 Å². The normalized spacial score (nSPS) is 11.8. The second-order valence-electron chi connectivity index (χ2n) is 4.64. The molecule has 1 aromatic heterocycles. The van der Waals surface area contributed by atoms with Gasteiger partial charge >= 0.3 is 0 Å². The van der Waals surface area contributed by atoms with Crippen molar-refractivity contribution in [2.24, 2.45) is 5.92 Å². The molecule has 0 radical (unpaired) electrons. The van der Waals surface area contributed by atoms with Gasteiger partial charge in [0, 0.05) is 5.92 Å². The van der Waals surface area contributed by atoms with E-state index in [-0.39, 0.29) is 11.8 Å². The topological polar surface area (TPSA) is 78.3 Å². The van der Waals surface area contributed by atoms with Gasteiger partial charge in [-0.15, -0.1) is 10.2 Å². The molecular formula is C14H18N4O3. The molecule has 1 N–H and O–H groups in total. The van der Waals surface area contributed by atoms with Crippen LogP contribution in [0.25, 0.3) is 0 Å². The molecule has 1 atom stereocenters. The van der Waals surface area contributed by atoms with Crippen LogP contribution in [0.5, 0.6) is 11.5 Å². The van der Waals surface area contributed by atoms with Gasteiger partial charge in [-0.1, -0.05) is 13.0 Å². The maximum Gasteiger partial charge on any atom is 0.242 e. The summed E-state index contributed by atoms with van der Waals surface area (Å²) < 4.78 is 11.9. The third-order valence-electron chi connectivity index (χ3n) is 3.10. The maximum atomic E-state index is 12.0. The molecule has 1 unspecified atom stereocenters. The van der Waals surface area contributed by atoms with Gasteiger partial charge in [0.25, 0.3) is 0 Å². The van der Waals surface area contributed by atoms with E-state index in [1.165, 1.54) is 17.3 Å². The highest BCUT2D eigenvalue weighted by Crippen LogP contribution is 2.28. The predicted molar refractivity (Wildman–Crippen MR) is 76.8 cm³/mol. The standard InChI is InChI=1S/C14H18N4O3/c1-10(14(19)17-18-8-15-16-9-18)6-11-4-5-12(20-2)13(7-11)21-3/h4-5,7-10H,6H2,1-3H3,(H,17,19). The minimum Gasteiger partial charge on any atom is -0.493 e. The summed E-state index contributed by atoms with van der Waals surface area (Å²) in [4.78, 5) is 12.0. The van der Waals surface area contributed by atoms with Crippen LogP contribution in [0.4, 0.5) is 0 Å². The molecule has 0 saturated heterocycles. The Balaban J connectivity index is 2.01. The molecule has 0 spiro atoms. The summed E-state index contributed by atoms with van der Waals surface area (Å²) in [6.07, 6.45) is 3.45. The molecule has 2 rings (SSSR count). The zero-order valence-electron chi connectivity index (χ0n) is 12.2. The smallest absolute Gasteiger partial charge is 0.242 e. The Morgan fingerprint density at radius 1 is 1.24 bits per heavy atom. The Labute approximate surface area is 122 Å². The molecule has 0 bridgehead atoms. The van der Waals surface area contributed by atoms with Crippen LogP contribution in [0.1, 0.15) is 12.5 Å². The molecule has 1 aromatic carbocycles. The largest absolute Gasteiger partial charge is 0.493 e. The van der Waals surface area contributed by atoms with Gasteiger partial charge in [-0.25, -0.2) is 4.68 Å². The molecule has 1 amide bonds. The van der Waals surface area contributed by atoms with Gasteiger partial charge in [-0.3, -0.25) is 10.2 Å². The number of hydrogen-bond donors (Lipinski definition) is 1. The van der Waals surface area contributed by atoms with Gasteiger partial charge < -0.3 is 9.47 Å². The van der Waals surface area contributed by atoms with Gasteiger partial charge in [0.2, 0.25) is 5.91 Å². The summed E-state index contributed by atoms with van der Waals surface area (Å²) in [5, 5.41) is 7.26. The van der Waals surface area contributed by atoms with Crippen molar-refractivity contribution in [1.29, 1.82) is 0 Å². The first-order valence-electron chi connectivity index (χ1n) is 6.50. The van der Waals surface area contributed by atoms with E-state index in [4.69, 9.17) is 9.47 Å². The number of ether oxygens (including phenoxy) is 2. The molecule has 0 fully saturated rings. The third kappa shape index (κ3) is 3.71. The summed E-state index contributed by atoms with van der Waals surface area (Å²) in [5.74, 6) is 1.01. The van der Waals surface area contributed by atoms with Crippen LogP contribution in [0.3, 0.4) is 0 Å². The van der Waals surface area contributed by atoms with Gasteiger partial charge in [-0.05, 0) is 24.1 Å². The number of amides is 1. The van der Waals surface area contributed by atoms with Crippen molar-refractivity contribution in [3.63, 3.8) is 0 Å². The fraction of sp³-hybridized carbons (Fsp3) is 0.357. The Morgan fingerprint density at radius 2 is 1.90 bits per heavy atom. The first kappa shape index (κ1) is 14.8. The van der Waals surface area contributed by atoms with Crippen LogP contribution in [0, 0.1) is 5.92 Å². The number of carbonyl (C=O) groups is 1. The maximum absolute atomic E-state index is 12.0. The lowest BCUT2D eigenvalue weighted by molar-refractivity contribution is -0.120. The number of methoxy groups -OCH3 is 2. The molecule has 0 saturated carbocycles. The summed E-state index contributed by atoms with van der Waals surface area (Å²) in [6.45, 7) is 1.86. The van der Waals surface area contributed by atoms with Crippen molar-refractivity contribution in [3.8, 4) is 11.5 Å². The first-order valence-corrected chi connectivity index (χ1v) is 6.50. The number of hydrogen-bond acceptors (Lipinski definition) is 5. The number of rotatable bonds is 6. The summed E-state index contributed by atoms with van der Waals surface area (Å²) in [5.41, 5.74) is 3.69. The second-order valence-corrected chi connectivity index (χ2v) is 4.64. The van der Waals surface area contributed by atoms with Crippen molar-refractivity contribution >= 4 is 5.91 Å². The van der Waals surface area contributed by atoms with Gasteiger partial charge in [0.05, 0.1) is 14.2 Å². The first-order chi connectivity index (χ1) is 10.1. The molecule has 112 valence electrons. The zero-order chi connectivity index (χ0) is 15.2. The fourth-order valence-electron chi connectivity index (χ4n) is 1.95. The lowest BCUT2D eigenvalue weighted by Gasteiger charge is -2.14. The van der Waals surface area contributed by atoms with E-state index in [1.54, 1.807) is 14.2 Å². The van der Waals surface area contributed by atoms with Crippen molar-refractivity contribution in [2.45, 2.75) is 13.3 Å². The molecular weight excluding hydrogens is 272 g/mol. The molecule has 21 heavy (non-hydrogen) atoms. The minimum absolute atomic E-state index is 0.107. The second kappa shape index (κ2) is 6.74. The molecule has 0 aliphatic heterocycles. The molecule has 2 aromatic rings. The Bertz CT molecular complexity index is 598. The zero-order valence-corrected chi connectivity index (χ0v) is 12.2. The monoisotopic (exact) mass is 290 g/mol. The number of nitrogens with zero attached hydrogens (tertiary/aromatic N) is 3. The lowest BCUT2D eigenvalue weighted by atomic mass is 10.0. The van der Waals surface area contributed by atoms with Gasteiger partial charge in [0.15, 0.2) is 11.5 Å². The number of nitrogens with one attached hydrogen (secondary N) is 1. The average Bonchev–Trinajstić information content (AvgIpc) is 2.99. The van der Waals surface area contributed by atoms with Crippen molar-refractivity contribution in [1.82, 2.24) is 14.9 Å². The van der Waals surface area contributed by atoms with Crippen LogP contribution in [-0.2, 0) is 11.2 Å². The molecule has 7 nitrogen and oxygen atoms in total. The van der Waals surface area contributed by atoms with Crippen molar-refractivity contribution < 1.29 is 14.3 Å². The quantitative estimate of drug-likeness (QED) is 0.866. The van der Waals surface area contributed by atoms with Crippen LogP contribution >= 0.6 is 0 Å². The van der Waals surface area contributed by atoms with Gasteiger partial charge in [0.1, 0.15) is 12.7 Å². The van der Waals surface area contributed by atoms with E-state index >= 15 is 0 Å². The van der Waals surface area contributed by atoms with Crippen molar-refractivity contribution in [2.75, 3.05) is 19.6 Å². The predicted octanol–water partition coefficient (Wildman–Crippen LogP) is 1.24. The Kier molecular flexibility index (Phi) is 4.76. The lowest BCUT2D eigenvalue weighted by Crippen LogP contribution is -2.28. The summed E-state index contributed by atoms with van der Waals surface area (Å²) >= 11 is 0. The summed E-state index contributed by atoms with van der Waals surface area (Å²) in [6, 6.07) is 5.63. The molecule has 0 aliphatic rings. The fourth-order valence-corrected chi connectivity index (χ4v) is 1.95. The molecule has 1 heterocycles. The Hall–Kier alpha value is -2.57. The SMILES string of the molecule is COc1ccc(CC(C)C(=O)Nn2cnnc2)cc1OC. The van der Waals surface area contributed by atoms with Crippen LogP contribution in [0.15, 0.2) is 30.9 Å². The summed E-state index contributed by atoms with van der Waals surface area (Å²) in [7, 11) is 3.18. The number of aromatic nitrogens is 3. The van der Waals surface area contributed by atoms with Crippen molar-refractivity contribution in [3.05, 3.63) is 36.4 Å². The number of benzene rings is 1. The molecule has 0 aliphatic carbocycles. The van der Waals surface area contributed by atoms with Crippen LogP contribution in [0.2, 0.25) is 0 Å².